The summed E-state index contributed by atoms with van der Waals surface area (Å²) in [6.45, 7) is 10.2. The molecule has 0 bridgehead atoms. The first-order chi connectivity index (χ1) is 19.1. The summed E-state index contributed by atoms with van der Waals surface area (Å²) in [7, 11) is 0. The lowest BCUT2D eigenvalue weighted by molar-refractivity contribution is -0.00286. The van der Waals surface area contributed by atoms with Gasteiger partial charge in [-0.05, 0) is 94.0 Å². The van der Waals surface area contributed by atoms with Crippen LogP contribution in [0.3, 0.4) is 0 Å². The quantitative estimate of drug-likeness (QED) is 0.339. The van der Waals surface area contributed by atoms with Gasteiger partial charge in [-0.3, -0.25) is 9.59 Å². The minimum atomic E-state index is -1.06. The molecule has 0 saturated carbocycles. The van der Waals surface area contributed by atoms with Crippen molar-refractivity contribution in [2.75, 3.05) is 26.2 Å². The first-order valence-electron chi connectivity index (χ1n) is 14.3. The Morgan fingerprint density at radius 1 is 1.05 bits per heavy atom. The lowest BCUT2D eigenvalue weighted by Crippen LogP contribution is -2.57. The SMILES string of the molecule is CCCN(CCC)C(=O)c1cc(C)cc(C(=O)NC(Cc2cc(F)cc(F)c2)[C@H](O)C2C[C@@H](OCC)CCN2)c1. The van der Waals surface area contributed by atoms with Crippen LogP contribution in [-0.4, -0.2) is 72.4 Å². The summed E-state index contributed by atoms with van der Waals surface area (Å²) in [6.07, 6.45) is 1.90. The second-order valence-electron chi connectivity index (χ2n) is 10.6. The van der Waals surface area contributed by atoms with Crippen LogP contribution in [0.2, 0.25) is 0 Å². The van der Waals surface area contributed by atoms with Gasteiger partial charge in [0.25, 0.3) is 11.8 Å². The highest BCUT2D eigenvalue weighted by atomic mass is 19.1. The number of hydrogen-bond donors (Lipinski definition) is 3. The van der Waals surface area contributed by atoms with E-state index < -0.39 is 29.7 Å². The summed E-state index contributed by atoms with van der Waals surface area (Å²) in [4.78, 5) is 28.6. The normalized spacial score (nSPS) is 18.7. The molecule has 3 N–H and O–H groups in total. The zero-order valence-electron chi connectivity index (χ0n) is 24.0. The fraction of sp³-hybridized carbons (Fsp3) is 0.548. The standard InChI is InChI=1S/C31H43F2N3O4/c1-5-10-36(11-6-2)31(39)23-13-20(4)12-22(17-23)30(38)35-28(16-21-14-24(32)18-25(33)15-21)29(37)27-19-26(40-7-3)8-9-34-27/h12-15,17-18,26-29,34,37H,5-11,16,19H2,1-4H3,(H,35,38)/t26-,27?,28?,29+/m0/s1. The molecule has 4 atom stereocenters. The van der Waals surface area contributed by atoms with E-state index in [2.05, 4.69) is 10.6 Å². The van der Waals surface area contributed by atoms with E-state index in [-0.39, 0.29) is 30.0 Å². The largest absolute Gasteiger partial charge is 0.389 e. The molecule has 0 aliphatic carbocycles. The third-order valence-electron chi connectivity index (χ3n) is 7.17. The third kappa shape index (κ3) is 8.81. The van der Waals surface area contributed by atoms with Crippen molar-refractivity contribution < 1.29 is 28.2 Å². The second kappa shape index (κ2) is 15.2. The molecule has 40 heavy (non-hydrogen) atoms. The van der Waals surface area contributed by atoms with Crippen LogP contribution >= 0.6 is 0 Å². The monoisotopic (exact) mass is 559 g/mol. The number of hydrogen-bond acceptors (Lipinski definition) is 5. The topological polar surface area (TPSA) is 90.9 Å². The molecule has 1 saturated heterocycles. The number of nitrogens with one attached hydrogen (secondary N) is 2. The molecule has 2 aromatic rings. The summed E-state index contributed by atoms with van der Waals surface area (Å²) in [5.74, 6) is -2.07. The summed E-state index contributed by atoms with van der Waals surface area (Å²) >= 11 is 0. The lowest BCUT2D eigenvalue weighted by atomic mass is 9.90. The van der Waals surface area contributed by atoms with Crippen molar-refractivity contribution in [2.45, 2.75) is 84.1 Å². The summed E-state index contributed by atoms with van der Waals surface area (Å²) in [5, 5.41) is 17.6. The predicted octanol–water partition coefficient (Wildman–Crippen LogP) is 4.39. The molecular weight excluding hydrogens is 516 g/mol. The Bertz CT molecular complexity index is 1120. The molecule has 2 aromatic carbocycles. The van der Waals surface area contributed by atoms with Crippen molar-refractivity contribution in [1.82, 2.24) is 15.5 Å². The van der Waals surface area contributed by atoms with Crippen molar-refractivity contribution in [1.29, 1.82) is 0 Å². The molecule has 1 fully saturated rings. The number of nitrogens with zero attached hydrogens (tertiary/aromatic N) is 1. The van der Waals surface area contributed by atoms with Crippen LogP contribution in [-0.2, 0) is 11.2 Å². The predicted molar refractivity (Wildman–Crippen MR) is 151 cm³/mol. The molecular formula is C31H43F2N3O4. The van der Waals surface area contributed by atoms with E-state index >= 15 is 0 Å². The van der Waals surface area contributed by atoms with E-state index in [1.165, 1.54) is 12.1 Å². The van der Waals surface area contributed by atoms with E-state index in [1.807, 2.05) is 27.7 Å². The van der Waals surface area contributed by atoms with Crippen LogP contribution in [0.4, 0.5) is 8.78 Å². The number of rotatable bonds is 13. The minimum Gasteiger partial charge on any atom is -0.389 e. The Balaban J connectivity index is 1.87. The zero-order valence-corrected chi connectivity index (χ0v) is 24.0. The summed E-state index contributed by atoms with van der Waals surface area (Å²) < 4.78 is 33.7. The van der Waals surface area contributed by atoms with E-state index in [0.717, 1.165) is 30.9 Å². The Kier molecular flexibility index (Phi) is 12.0. The molecule has 0 aromatic heterocycles. The maximum Gasteiger partial charge on any atom is 0.253 e. The summed E-state index contributed by atoms with van der Waals surface area (Å²) in [5.41, 5.74) is 1.77. The number of aliphatic hydroxyl groups is 1. The minimum absolute atomic E-state index is 0.0114. The molecule has 1 heterocycles. The molecule has 9 heteroatoms. The molecule has 2 unspecified atom stereocenters. The first-order valence-corrected chi connectivity index (χ1v) is 14.3. The highest BCUT2D eigenvalue weighted by Gasteiger charge is 2.34. The Hall–Kier alpha value is -2.88. The number of carbonyl (C=O) groups excluding carboxylic acids is 2. The highest BCUT2D eigenvalue weighted by molar-refractivity contribution is 6.00. The van der Waals surface area contributed by atoms with E-state index in [0.29, 0.717) is 43.8 Å². The molecule has 7 nitrogen and oxygen atoms in total. The van der Waals surface area contributed by atoms with Crippen LogP contribution in [0.25, 0.3) is 0 Å². The van der Waals surface area contributed by atoms with Gasteiger partial charge in [-0.15, -0.1) is 0 Å². The number of aryl methyl sites for hydroxylation is 1. The maximum atomic E-state index is 14.0. The van der Waals surface area contributed by atoms with Crippen molar-refractivity contribution >= 4 is 11.8 Å². The van der Waals surface area contributed by atoms with Crippen molar-refractivity contribution in [3.63, 3.8) is 0 Å². The van der Waals surface area contributed by atoms with Gasteiger partial charge in [0, 0.05) is 42.9 Å². The van der Waals surface area contributed by atoms with Crippen LogP contribution in [0.1, 0.15) is 78.3 Å². The highest BCUT2D eigenvalue weighted by Crippen LogP contribution is 2.21. The van der Waals surface area contributed by atoms with Gasteiger partial charge < -0.3 is 25.4 Å². The van der Waals surface area contributed by atoms with Gasteiger partial charge in [-0.25, -0.2) is 8.78 Å². The van der Waals surface area contributed by atoms with Gasteiger partial charge in [0.05, 0.1) is 18.2 Å². The number of halogens is 2. The van der Waals surface area contributed by atoms with Gasteiger partial charge in [0.2, 0.25) is 0 Å². The Labute approximate surface area is 236 Å². The van der Waals surface area contributed by atoms with Crippen molar-refractivity contribution in [3.05, 3.63) is 70.3 Å². The van der Waals surface area contributed by atoms with Gasteiger partial charge in [0.15, 0.2) is 0 Å². The van der Waals surface area contributed by atoms with Crippen LogP contribution in [0, 0.1) is 18.6 Å². The number of carbonyl (C=O) groups is 2. The van der Waals surface area contributed by atoms with Crippen molar-refractivity contribution in [2.24, 2.45) is 0 Å². The average molecular weight is 560 g/mol. The van der Waals surface area contributed by atoms with Crippen LogP contribution < -0.4 is 10.6 Å². The van der Waals surface area contributed by atoms with Gasteiger partial charge in [0.1, 0.15) is 11.6 Å². The van der Waals surface area contributed by atoms with Crippen LogP contribution in [0.5, 0.6) is 0 Å². The molecule has 0 radical (unpaired) electrons. The van der Waals surface area contributed by atoms with Crippen molar-refractivity contribution in [3.8, 4) is 0 Å². The van der Waals surface area contributed by atoms with Gasteiger partial charge in [-0.1, -0.05) is 13.8 Å². The second-order valence-corrected chi connectivity index (χ2v) is 10.6. The molecule has 1 aliphatic rings. The smallest absolute Gasteiger partial charge is 0.253 e. The maximum absolute atomic E-state index is 14.0. The number of amides is 2. The zero-order chi connectivity index (χ0) is 29.2. The van der Waals surface area contributed by atoms with Gasteiger partial charge >= 0.3 is 0 Å². The fourth-order valence-corrected chi connectivity index (χ4v) is 5.41. The first kappa shape index (κ1) is 31.6. The van der Waals surface area contributed by atoms with Crippen LogP contribution in [0.15, 0.2) is 36.4 Å². The van der Waals surface area contributed by atoms with Gasteiger partial charge in [-0.2, -0.15) is 0 Å². The Morgan fingerprint density at radius 2 is 1.70 bits per heavy atom. The molecule has 2 amide bonds. The number of piperidine rings is 1. The third-order valence-corrected chi connectivity index (χ3v) is 7.17. The molecule has 220 valence electrons. The number of ether oxygens (including phenoxy) is 1. The number of benzene rings is 2. The Morgan fingerprint density at radius 3 is 2.33 bits per heavy atom. The van der Waals surface area contributed by atoms with E-state index in [4.69, 9.17) is 4.74 Å². The van der Waals surface area contributed by atoms with E-state index in [9.17, 15) is 23.5 Å². The molecule has 3 rings (SSSR count). The summed E-state index contributed by atoms with van der Waals surface area (Å²) in [6, 6.07) is 6.96. The average Bonchev–Trinajstić information content (AvgIpc) is 2.91. The van der Waals surface area contributed by atoms with E-state index in [1.54, 1.807) is 23.1 Å². The number of aliphatic hydroxyl groups excluding tert-OH is 1. The molecule has 1 aliphatic heterocycles. The molecule has 0 spiro atoms. The lowest BCUT2D eigenvalue weighted by Gasteiger charge is -2.36. The fourth-order valence-electron chi connectivity index (χ4n) is 5.41.